The highest BCUT2D eigenvalue weighted by atomic mass is 16.5. The van der Waals surface area contributed by atoms with Crippen molar-refractivity contribution in [1.29, 1.82) is 0 Å². The van der Waals surface area contributed by atoms with E-state index in [4.69, 9.17) is 10.5 Å². The van der Waals surface area contributed by atoms with Gasteiger partial charge in [0.1, 0.15) is 11.4 Å². The molecule has 1 aliphatic heterocycles. The molecule has 100 valence electrons. The molecule has 0 aromatic heterocycles. The van der Waals surface area contributed by atoms with Crippen molar-refractivity contribution in [2.45, 2.75) is 45.2 Å². The lowest BCUT2D eigenvalue weighted by Gasteiger charge is -2.34. The van der Waals surface area contributed by atoms with Gasteiger partial charge in [-0.15, -0.1) is 0 Å². The van der Waals surface area contributed by atoms with Gasteiger partial charge < -0.3 is 10.5 Å². The number of likely N-dealkylation sites (N-methyl/N-ethyl adjacent to an activating group) is 1. The molecule has 0 radical (unpaired) electrons. The van der Waals surface area contributed by atoms with Gasteiger partial charge in [-0.2, -0.15) is 5.01 Å². The molecule has 0 saturated carbocycles. The summed E-state index contributed by atoms with van der Waals surface area (Å²) < 4.78 is 5.24. The summed E-state index contributed by atoms with van der Waals surface area (Å²) in [7, 11) is 3.54. The molecular formula is C12H26N4O. The molecule has 1 heterocycles. The minimum absolute atomic E-state index is 0.364. The van der Waals surface area contributed by atoms with Gasteiger partial charge in [0, 0.05) is 6.54 Å². The summed E-state index contributed by atoms with van der Waals surface area (Å²) in [5.41, 5.74) is 9.64. The van der Waals surface area contributed by atoms with Crippen molar-refractivity contribution in [3.8, 4) is 0 Å². The third-order valence-electron chi connectivity index (χ3n) is 3.47. The summed E-state index contributed by atoms with van der Waals surface area (Å²) >= 11 is 0. The van der Waals surface area contributed by atoms with Crippen molar-refractivity contribution < 1.29 is 4.74 Å². The van der Waals surface area contributed by atoms with E-state index >= 15 is 0 Å². The average molecular weight is 242 g/mol. The highest BCUT2D eigenvalue weighted by Crippen LogP contribution is 2.25. The van der Waals surface area contributed by atoms with Crippen LogP contribution in [0.1, 0.15) is 39.5 Å². The fourth-order valence-electron chi connectivity index (χ4n) is 2.06. The maximum atomic E-state index is 6.09. The van der Waals surface area contributed by atoms with Crippen molar-refractivity contribution in [3.63, 3.8) is 0 Å². The van der Waals surface area contributed by atoms with E-state index in [0.717, 1.165) is 13.0 Å². The van der Waals surface area contributed by atoms with E-state index in [9.17, 15) is 0 Å². The first kappa shape index (κ1) is 14.1. The van der Waals surface area contributed by atoms with E-state index in [1.165, 1.54) is 19.3 Å². The zero-order chi connectivity index (χ0) is 12.9. The van der Waals surface area contributed by atoms with Crippen LogP contribution in [0.25, 0.3) is 0 Å². The number of hydrogen-bond donors (Lipinski definition) is 3. The van der Waals surface area contributed by atoms with Crippen LogP contribution in [0.5, 0.6) is 0 Å². The monoisotopic (exact) mass is 242 g/mol. The molecule has 0 amide bonds. The SMILES string of the molecule is CCCCCCN1NC(OC)=C(N)C1(C)NC. The van der Waals surface area contributed by atoms with Crippen molar-refractivity contribution >= 4 is 0 Å². The number of hydrazine groups is 1. The number of methoxy groups -OCH3 is 1. The van der Waals surface area contributed by atoms with E-state index in [1.807, 2.05) is 7.05 Å². The first-order valence-corrected chi connectivity index (χ1v) is 6.37. The van der Waals surface area contributed by atoms with Gasteiger partial charge in [0.05, 0.1) is 7.11 Å². The largest absolute Gasteiger partial charge is 0.480 e. The molecule has 0 fully saturated rings. The van der Waals surface area contributed by atoms with Gasteiger partial charge in [-0.05, 0) is 20.4 Å². The number of unbranched alkanes of at least 4 members (excludes halogenated alkanes) is 3. The molecule has 0 aliphatic carbocycles. The molecule has 0 bridgehead atoms. The van der Waals surface area contributed by atoms with Crippen LogP contribution in [-0.4, -0.2) is 31.4 Å². The van der Waals surface area contributed by atoms with Crippen molar-refractivity contribution in [1.82, 2.24) is 15.8 Å². The van der Waals surface area contributed by atoms with Gasteiger partial charge in [0.2, 0.25) is 5.88 Å². The van der Waals surface area contributed by atoms with Crippen LogP contribution in [0.4, 0.5) is 0 Å². The Hall–Kier alpha value is -0.940. The van der Waals surface area contributed by atoms with E-state index < -0.39 is 0 Å². The zero-order valence-electron chi connectivity index (χ0n) is 11.5. The van der Waals surface area contributed by atoms with Gasteiger partial charge in [-0.1, -0.05) is 26.2 Å². The Bertz CT molecular complexity index is 280. The third kappa shape index (κ3) is 2.84. The summed E-state index contributed by atoms with van der Waals surface area (Å²) in [6, 6.07) is 0. The fourth-order valence-corrected chi connectivity index (χ4v) is 2.06. The molecule has 0 saturated heterocycles. The predicted octanol–water partition coefficient (Wildman–Crippen LogP) is 1.10. The zero-order valence-corrected chi connectivity index (χ0v) is 11.5. The third-order valence-corrected chi connectivity index (χ3v) is 3.47. The molecule has 17 heavy (non-hydrogen) atoms. The molecule has 1 aliphatic rings. The van der Waals surface area contributed by atoms with Gasteiger partial charge in [-0.3, -0.25) is 10.7 Å². The molecule has 5 heteroatoms. The van der Waals surface area contributed by atoms with Crippen molar-refractivity contribution in [3.05, 3.63) is 11.6 Å². The Labute approximate surface area is 104 Å². The lowest BCUT2D eigenvalue weighted by Crippen LogP contribution is -2.58. The van der Waals surface area contributed by atoms with Crippen molar-refractivity contribution in [2.24, 2.45) is 5.73 Å². The highest BCUT2D eigenvalue weighted by Gasteiger charge is 2.41. The van der Waals surface area contributed by atoms with Crippen LogP contribution in [0, 0.1) is 0 Å². The molecule has 1 rings (SSSR count). The summed E-state index contributed by atoms with van der Waals surface area (Å²) in [5, 5.41) is 5.35. The van der Waals surface area contributed by atoms with Crippen LogP contribution < -0.4 is 16.5 Å². The summed E-state index contributed by atoms with van der Waals surface area (Å²) in [6.07, 6.45) is 4.93. The van der Waals surface area contributed by atoms with Crippen LogP contribution >= 0.6 is 0 Å². The Morgan fingerprint density at radius 2 is 2.12 bits per heavy atom. The quantitative estimate of drug-likeness (QED) is 0.584. The Morgan fingerprint density at radius 1 is 1.41 bits per heavy atom. The average Bonchev–Trinajstić information content (AvgIpc) is 2.59. The van der Waals surface area contributed by atoms with Gasteiger partial charge >= 0.3 is 0 Å². The topological polar surface area (TPSA) is 62.5 Å². The standard InChI is InChI=1S/C12H26N4O/c1-5-6-7-8-9-16-12(2,14-3)10(13)11(15-16)17-4/h14-15H,5-9,13H2,1-4H3. The summed E-state index contributed by atoms with van der Waals surface area (Å²) in [5.74, 6) is 0.650. The maximum absolute atomic E-state index is 6.09. The lowest BCUT2D eigenvalue weighted by molar-refractivity contribution is 0.0743. The van der Waals surface area contributed by atoms with E-state index in [2.05, 4.69) is 29.6 Å². The number of nitrogens with zero attached hydrogens (tertiary/aromatic N) is 1. The smallest absolute Gasteiger partial charge is 0.224 e. The first-order chi connectivity index (χ1) is 8.10. The Morgan fingerprint density at radius 3 is 2.65 bits per heavy atom. The van der Waals surface area contributed by atoms with E-state index in [-0.39, 0.29) is 5.66 Å². The molecule has 0 spiro atoms. The molecule has 5 nitrogen and oxygen atoms in total. The van der Waals surface area contributed by atoms with Crippen LogP contribution in [0.3, 0.4) is 0 Å². The van der Waals surface area contributed by atoms with Gasteiger partial charge in [0.25, 0.3) is 0 Å². The Balaban J connectivity index is 2.57. The van der Waals surface area contributed by atoms with Gasteiger partial charge in [-0.25, -0.2) is 0 Å². The number of ether oxygens (including phenoxy) is 1. The van der Waals surface area contributed by atoms with Crippen LogP contribution in [-0.2, 0) is 4.74 Å². The Kier molecular flexibility index (Phi) is 5.08. The van der Waals surface area contributed by atoms with E-state index in [1.54, 1.807) is 7.11 Å². The molecule has 0 aromatic rings. The number of hydrogen-bond acceptors (Lipinski definition) is 5. The minimum Gasteiger partial charge on any atom is -0.480 e. The van der Waals surface area contributed by atoms with Crippen molar-refractivity contribution in [2.75, 3.05) is 20.7 Å². The maximum Gasteiger partial charge on any atom is 0.224 e. The fraction of sp³-hybridized carbons (Fsp3) is 0.833. The molecule has 1 unspecified atom stereocenters. The molecular weight excluding hydrogens is 216 g/mol. The van der Waals surface area contributed by atoms with Gasteiger partial charge in [0.15, 0.2) is 0 Å². The first-order valence-electron chi connectivity index (χ1n) is 6.37. The lowest BCUT2D eigenvalue weighted by atomic mass is 10.1. The number of rotatable bonds is 7. The summed E-state index contributed by atoms with van der Waals surface area (Å²) in [6.45, 7) is 5.22. The normalized spacial score (nSPS) is 25.2. The second kappa shape index (κ2) is 6.12. The predicted molar refractivity (Wildman–Crippen MR) is 69.7 cm³/mol. The number of nitrogens with two attached hydrogens (primary N) is 1. The van der Waals surface area contributed by atoms with E-state index in [0.29, 0.717) is 11.6 Å². The second-order valence-electron chi connectivity index (χ2n) is 4.59. The molecule has 1 atom stereocenters. The molecule has 4 N–H and O–H groups in total. The second-order valence-corrected chi connectivity index (χ2v) is 4.59. The summed E-state index contributed by atoms with van der Waals surface area (Å²) in [4.78, 5) is 0. The van der Waals surface area contributed by atoms with Crippen LogP contribution in [0.15, 0.2) is 11.6 Å². The van der Waals surface area contributed by atoms with Crippen LogP contribution in [0.2, 0.25) is 0 Å². The number of nitrogens with one attached hydrogen (secondary N) is 2. The minimum atomic E-state index is -0.364. The molecule has 0 aromatic carbocycles. The highest BCUT2D eigenvalue weighted by molar-refractivity contribution is 5.22.